The Morgan fingerprint density at radius 1 is 1.02 bits per heavy atom. The molecule has 3 heterocycles. The minimum absolute atomic E-state index is 0.0661. The second-order valence-electron chi connectivity index (χ2n) is 10.1. The lowest BCUT2D eigenvalue weighted by Crippen LogP contribution is -2.34. The minimum atomic E-state index is -4.22. The van der Waals surface area contributed by atoms with E-state index in [-0.39, 0.29) is 39.2 Å². The first-order valence-electron chi connectivity index (χ1n) is 13.4. The largest absolute Gasteiger partial charge is 0.455 e. The number of halogens is 3. The van der Waals surface area contributed by atoms with E-state index in [0.29, 0.717) is 15.4 Å². The lowest BCUT2D eigenvalue weighted by atomic mass is 9.99. The van der Waals surface area contributed by atoms with Crippen LogP contribution in [0.5, 0.6) is 0 Å². The number of H-pyrrole nitrogens is 1. The molecule has 12 heteroatoms. The number of sulfonamides is 1. The zero-order valence-corrected chi connectivity index (χ0v) is 24.3. The van der Waals surface area contributed by atoms with Crippen LogP contribution in [-0.2, 0) is 10.0 Å². The normalized spacial score (nSPS) is 11.9. The van der Waals surface area contributed by atoms with Crippen molar-refractivity contribution in [1.82, 2.24) is 15.3 Å². The summed E-state index contributed by atoms with van der Waals surface area (Å²) in [6.45, 7) is -1.12. The number of furan rings is 1. The van der Waals surface area contributed by atoms with Crippen molar-refractivity contribution < 1.29 is 30.8 Å². The molecule has 0 spiro atoms. The maximum atomic E-state index is 13.8. The molecule has 3 aromatic heterocycles. The highest BCUT2D eigenvalue weighted by molar-refractivity contribution is 7.92. The third-order valence-corrected chi connectivity index (χ3v) is 8.36. The number of aromatic nitrogens is 2. The van der Waals surface area contributed by atoms with Gasteiger partial charge in [0.15, 0.2) is 0 Å². The summed E-state index contributed by atoms with van der Waals surface area (Å²) < 4.78 is 73.7. The van der Waals surface area contributed by atoms with Gasteiger partial charge in [0.1, 0.15) is 17.2 Å². The summed E-state index contributed by atoms with van der Waals surface area (Å²) in [5.41, 5.74) is 3.28. The van der Waals surface area contributed by atoms with Crippen molar-refractivity contribution in [1.29, 1.82) is 0 Å². The molecular formula is C32H25F3N4O4S. The highest BCUT2D eigenvalue weighted by atomic mass is 32.2. The molecule has 0 radical (unpaired) electrons. The zero-order chi connectivity index (χ0) is 31.2. The van der Waals surface area contributed by atoms with Crippen molar-refractivity contribution in [3.63, 3.8) is 0 Å². The number of carbonyl (C=O) groups excluding carboxylic acids is 1. The highest BCUT2D eigenvalue weighted by Crippen LogP contribution is 2.42. The first kappa shape index (κ1) is 29.0. The molecule has 0 aliphatic carbocycles. The van der Waals surface area contributed by atoms with E-state index in [9.17, 15) is 26.4 Å². The monoisotopic (exact) mass is 618 g/mol. The molecule has 224 valence electrons. The summed E-state index contributed by atoms with van der Waals surface area (Å²) in [4.78, 5) is 21.0. The quantitative estimate of drug-likeness (QED) is 0.194. The minimum Gasteiger partial charge on any atom is -0.455 e. The number of nitrogens with zero attached hydrogens (tertiary/aromatic N) is 2. The van der Waals surface area contributed by atoms with Gasteiger partial charge in [-0.2, -0.15) is 0 Å². The topological polar surface area (TPSA) is 108 Å². The fraction of sp³-hybridized carbons (Fsp3) is 0.125. The Morgan fingerprint density at radius 3 is 2.45 bits per heavy atom. The molecule has 0 aliphatic heterocycles. The Labute approximate surface area is 250 Å². The summed E-state index contributed by atoms with van der Waals surface area (Å²) in [5, 5.41) is 3.83. The fourth-order valence-corrected chi connectivity index (χ4v) is 6.10. The highest BCUT2D eigenvalue weighted by Gasteiger charge is 2.29. The Balaban J connectivity index is 1.63. The average Bonchev–Trinajstić information content (AvgIpc) is 3.60. The summed E-state index contributed by atoms with van der Waals surface area (Å²) in [7, 11) is -2.78. The summed E-state index contributed by atoms with van der Waals surface area (Å²) >= 11 is 0. The lowest BCUT2D eigenvalue weighted by Gasteiger charge is -2.24. The van der Waals surface area contributed by atoms with Gasteiger partial charge in [-0.1, -0.05) is 18.2 Å². The third kappa shape index (κ3) is 5.39. The Hall–Kier alpha value is -5.10. The van der Waals surface area contributed by atoms with Crippen molar-refractivity contribution in [2.24, 2.45) is 0 Å². The number of carbonyl (C=O) groups is 1. The molecule has 0 fully saturated rings. The van der Waals surface area contributed by atoms with Crippen LogP contribution in [0.3, 0.4) is 0 Å². The second kappa shape index (κ2) is 11.2. The predicted molar refractivity (Wildman–Crippen MR) is 164 cm³/mol. The first-order chi connectivity index (χ1) is 21.0. The fourth-order valence-electron chi connectivity index (χ4n) is 5.21. The molecule has 6 aromatic rings. The number of rotatable bonds is 8. The number of hydrogen-bond acceptors (Lipinski definition) is 5. The molecule has 0 bridgehead atoms. The lowest BCUT2D eigenvalue weighted by molar-refractivity contribution is 0.0964. The smallest absolute Gasteiger partial charge is 0.257 e. The van der Waals surface area contributed by atoms with Gasteiger partial charge < -0.3 is 14.7 Å². The molecule has 6 rings (SSSR count). The van der Waals surface area contributed by atoms with Gasteiger partial charge in [0.05, 0.1) is 29.7 Å². The van der Waals surface area contributed by atoms with E-state index < -0.39 is 34.7 Å². The van der Waals surface area contributed by atoms with Crippen molar-refractivity contribution in [3.8, 4) is 33.8 Å². The van der Waals surface area contributed by atoms with Crippen molar-refractivity contribution in [2.45, 2.75) is 6.43 Å². The number of fused-ring (bicyclic) bond motifs is 2. The van der Waals surface area contributed by atoms with Gasteiger partial charge in [0.25, 0.3) is 12.3 Å². The number of anilines is 1. The van der Waals surface area contributed by atoms with Crippen LogP contribution in [0.25, 0.3) is 55.7 Å². The Kier molecular flexibility index (Phi) is 7.38. The van der Waals surface area contributed by atoms with Crippen molar-refractivity contribution in [3.05, 3.63) is 96.4 Å². The van der Waals surface area contributed by atoms with E-state index in [1.807, 2.05) is 30.3 Å². The van der Waals surface area contributed by atoms with E-state index in [1.54, 1.807) is 12.1 Å². The standard InChI is InChI=1S/C32H25F3N4O4S/c1-36-32(40)30-23-15-22(26-14-20(11-12-37-26)25-13-19-5-3-4-6-24(19)38-25)27(39(17-29(34)35)44(2,41)42)16-28(23)43-31(30)18-7-9-21(33)10-8-18/h3-16,29,38H,17H2,1-2H3,(H,36,40). The predicted octanol–water partition coefficient (Wildman–Crippen LogP) is 6.84. The summed E-state index contributed by atoms with van der Waals surface area (Å²) in [6.07, 6.45) is -0.632. The van der Waals surface area contributed by atoms with E-state index in [2.05, 4.69) is 15.3 Å². The van der Waals surface area contributed by atoms with Gasteiger partial charge in [-0.3, -0.25) is 14.1 Å². The number of amides is 1. The molecule has 0 saturated heterocycles. The maximum Gasteiger partial charge on any atom is 0.257 e. The number of pyridine rings is 1. The second-order valence-corrected chi connectivity index (χ2v) is 12.0. The molecule has 1 amide bonds. The molecule has 0 atom stereocenters. The molecule has 0 saturated carbocycles. The van der Waals surface area contributed by atoms with Crippen LogP contribution in [0.2, 0.25) is 0 Å². The molecule has 0 aliphatic rings. The van der Waals surface area contributed by atoms with Crippen LogP contribution in [0.4, 0.5) is 18.9 Å². The van der Waals surface area contributed by atoms with Crippen LogP contribution in [0.15, 0.2) is 89.5 Å². The molecular weight excluding hydrogens is 593 g/mol. The number of nitrogens with one attached hydrogen (secondary N) is 2. The van der Waals surface area contributed by atoms with Crippen molar-refractivity contribution >= 4 is 43.5 Å². The van der Waals surface area contributed by atoms with Crippen LogP contribution in [0, 0.1) is 5.82 Å². The zero-order valence-electron chi connectivity index (χ0n) is 23.4. The van der Waals surface area contributed by atoms with Crippen LogP contribution >= 0.6 is 0 Å². The number of hydrogen-bond donors (Lipinski definition) is 2. The molecule has 0 unspecified atom stereocenters. The molecule has 3 aromatic carbocycles. The maximum absolute atomic E-state index is 13.8. The van der Waals surface area contributed by atoms with E-state index in [4.69, 9.17) is 4.42 Å². The van der Waals surface area contributed by atoms with Crippen LogP contribution in [0.1, 0.15) is 10.4 Å². The van der Waals surface area contributed by atoms with Crippen LogP contribution < -0.4 is 9.62 Å². The van der Waals surface area contributed by atoms with E-state index in [1.165, 1.54) is 49.6 Å². The van der Waals surface area contributed by atoms with E-state index in [0.717, 1.165) is 22.9 Å². The van der Waals surface area contributed by atoms with Gasteiger partial charge in [0, 0.05) is 58.0 Å². The van der Waals surface area contributed by atoms with Gasteiger partial charge in [-0.25, -0.2) is 21.6 Å². The Morgan fingerprint density at radius 2 is 1.77 bits per heavy atom. The number of alkyl halides is 2. The van der Waals surface area contributed by atoms with Gasteiger partial charge in [-0.05, 0) is 54.6 Å². The number of para-hydroxylation sites is 1. The van der Waals surface area contributed by atoms with Gasteiger partial charge >= 0.3 is 0 Å². The molecule has 44 heavy (non-hydrogen) atoms. The van der Waals surface area contributed by atoms with Gasteiger partial charge in [-0.15, -0.1) is 0 Å². The first-order valence-corrected chi connectivity index (χ1v) is 15.3. The number of benzene rings is 3. The van der Waals surface area contributed by atoms with Gasteiger partial charge in [0.2, 0.25) is 10.0 Å². The molecule has 8 nitrogen and oxygen atoms in total. The van der Waals surface area contributed by atoms with E-state index >= 15 is 0 Å². The average molecular weight is 619 g/mol. The Bertz CT molecular complexity index is 2110. The van der Waals surface area contributed by atoms with Crippen LogP contribution in [-0.4, -0.2) is 50.6 Å². The number of aromatic amines is 1. The third-order valence-electron chi connectivity index (χ3n) is 7.22. The summed E-state index contributed by atoms with van der Waals surface area (Å²) in [6, 6.07) is 21.2. The summed E-state index contributed by atoms with van der Waals surface area (Å²) in [5.74, 6) is -0.913. The molecule has 2 N–H and O–H groups in total. The SMILES string of the molecule is CNC(=O)c1c(-c2ccc(F)cc2)oc2cc(N(CC(F)F)S(C)(=O)=O)c(-c3cc(-c4cc5ccccc5[nH]4)ccn3)cc12. The van der Waals surface area contributed by atoms with Crippen molar-refractivity contribution in [2.75, 3.05) is 24.2 Å².